The summed E-state index contributed by atoms with van der Waals surface area (Å²) in [5, 5.41) is 2.46. The van der Waals surface area contributed by atoms with Gasteiger partial charge in [-0.1, -0.05) is 0 Å². The quantitative estimate of drug-likeness (QED) is 0.856. The predicted octanol–water partition coefficient (Wildman–Crippen LogP) is 2.05. The van der Waals surface area contributed by atoms with E-state index >= 15 is 0 Å². The van der Waals surface area contributed by atoms with E-state index in [1.54, 1.807) is 19.2 Å². The van der Waals surface area contributed by atoms with Crippen molar-refractivity contribution in [1.82, 2.24) is 10.3 Å². The van der Waals surface area contributed by atoms with Gasteiger partial charge in [0, 0.05) is 0 Å². The topological polar surface area (TPSA) is 42.0 Å². The second-order valence-corrected chi connectivity index (χ2v) is 4.15. The number of nitrogens with zero attached hydrogens (tertiary/aromatic N) is 1. The smallest absolute Gasteiger partial charge is 0.342 e. The van der Waals surface area contributed by atoms with Gasteiger partial charge < -0.3 is 5.32 Å². The van der Waals surface area contributed by atoms with Gasteiger partial charge in [-0.2, -0.15) is 13.2 Å². The van der Waals surface area contributed by atoms with Gasteiger partial charge in [-0.15, -0.1) is 11.3 Å². The second kappa shape index (κ2) is 4.18. The van der Waals surface area contributed by atoms with Crippen LogP contribution >= 0.6 is 11.3 Å². The summed E-state index contributed by atoms with van der Waals surface area (Å²) in [5.74, 6) is -0.726. The lowest BCUT2D eigenvalue weighted by Crippen LogP contribution is -2.33. The van der Waals surface area contributed by atoms with E-state index in [2.05, 4.69) is 4.98 Å². The molecule has 0 fully saturated rings. The van der Waals surface area contributed by atoms with Crippen LogP contribution in [0.15, 0.2) is 0 Å². The standard InChI is InChI=1S/C8H9F3N2OS/c1-4-6(15-5(2)13-4)7(14)12-3-8(9,10)11/h3H2,1-2H3,(H,12,14). The zero-order valence-electron chi connectivity index (χ0n) is 8.10. The molecule has 0 saturated carbocycles. The Morgan fingerprint density at radius 3 is 2.47 bits per heavy atom. The van der Waals surface area contributed by atoms with Gasteiger partial charge in [-0.05, 0) is 13.8 Å². The number of aromatic nitrogens is 1. The molecule has 0 atom stereocenters. The van der Waals surface area contributed by atoms with Gasteiger partial charge in [0.2, 0.25) is 0 Å². The highest BCUT2D eigenvalue weighted by molar-refractivity contribution is 7.13. The fourth-order valence-corrected chi connectivity index (χ4v) is 1.84. The minimum absolute atomic E-state index is 0.233. The van der Waals surface area contributed by atoms with E-state index in [1.807, 2.05) is 0 Å². The van der Waals surface area contributed by atoms with E-state index in [0.717, 1.165) is 11.3 Å². The van der Waals surface area contributed by atoms with Gasteiger partial charge in [-0.25, -0.2) is 4.98 Å². The van der Waals surface area contributed by atoms with Crippen molar-refractivity contribution in [3.8, 4) is 0 Å². The van der Waals surface area contributed by atoms with Crippen molar-refractivity contribution >= 4 is 17.2 Å². The average Bonchev–Trinajstić information content (AvgIpc) is 2.40. The first kappa shape index (κ1) is 12.0. The molecule has 7 heteroatoms. The highest BCUT2D eigenvalue weighted by Gasteiger charge is 2.28. The number of thiazole rings is 1. The Hall–Kier alpha value is -1.11. The summed E-state index contributed by atoms with van der Waals surface area (Å²) >= 11 is 1.08. The summed E-state index contributed by atoms with van der Waals surface area (Å²) in [6, 6.07) is 0. The number of amides is 1. The van der Waals surface area contributed by atoms with Gasteiger partial charge in [0.25, 0.3) is 5.91 Å². The molecule has 3 nitrogen and oxygen atoms in total. The Morgan fingerprint density at radius 1 is 1.47 bits per heavy atom. The summed E-state index contributed by atoms with van der Waals surface area (Å²) in [6.07, 6.45) is -4.39. The van der Waals surface area contributed by atoms with Crippen LogP contribution in [0.2, 0.25) is 0 Å². The van der Waals surface area contributed by atoms with Gasteiger partial charge in [0.15, 0.2) is 0 Å². The molecule has 0 aromatic carbocycles. The second-order valence-electron chi connectivity index (χ2n) is 2.95. The first-order valence-electron chi connectivity index (χ1n) is 4.08. The van der Waals surface area contributed by atoms with Gasteiger partial charge in [0.05, 0.1) is 10.7 Å². The van der Waals surface area contributed by atoms with Gasteiger partial charge >= 0.3 is 6.18 Å². The van der Waals surface area contributed by atoms with Gasteiger partial charge in [-0.3, -0.25) is 4.79 Å². The lowest BCUT2D eigenvalue weighted by atomic mass is 10.4. The Kier molecular flexibility index (Phi) is 3.33. The third-order valence-corrected chi connectivity index (χ3v) is 2.63. The number of rotatable bonds is 2. The number of aryl methyl sites for hydroxylation is 2. The zero-order valence-corrected chi connectivity index (χ0v) is 8.92. The molecule has 1 aromatic heterocycles. The third kappa shape index (κ3) is 3.50. The van der Waals surface area contributed by atoms with Crippen LogP contribution in [-0.4, -0.2) is 23.6 Å². The average molecular weight is 238 g/mol. The highest BCUT2D eigenvalue weighted by Crippen LogP contribution is 2.18. The molecule has 1 rings (SSSR count). The maximum absolute atomic E-state index is 11.8. The molecule has 1 heterocycles. The molecule has 1 N–H and O–H groups in total. The van der Waals surface area contributed by atoms with Crippen molar-refractivity contribution in [3.05, 3.63) is 15.6 Å². The van der Waals surface area contributed by atoms with Crippen LogP contribution in [0.1, 0.15) is 20.4 Å². The lowest BCUT2D eigenvalue weighted by molar-refractivity contribution is -0.123. The monoisotopic (exact) mass is 238 g/mol. The number of hydrogen-bond acceptors (Lipinski definition) is 3. The number of halogens is 3. The molecule has 0 aliphatic carbocycles. The highest BCUT2D eigenvalue weighted by atomic mass is 32.1. The largest absolute Gasteiger partial charge is 0.405 e. The summed E-state index contributed by atoms with van der Waals surface area (Å²) in [4.78, 5) is 15.5. The molecule has 0 bridgehead atoms. The molecule has 84 valence electrons. The molecular weight excluding hydrogens is 229 g/mol. The summed E-state index contributed by atoms with van der Waals surface area (Å²) in [7, 11) is 0. The SMILES string of the molecule is Cc1nc(C)c(C(=O)NCC(F)(F)F)s1. The molecule has 0 radical (unpaired) electrons. The fourth-order valence-electron chi connectivity index (χ4n) is 1.00. The molecule has 0 unspecified atom stereocenters. The minimum Gasteiger partial charge on any atom is -0.342 e. The Balaban J connectivity index is 2.66. The van der Waals surface area contributed by atoms with Crippen molar-refractivity contribution < 1.29 is 18.0 Å². The third-order valence-electron chi connectivity index (χ3n) is 1.56. The first-order valence-corrected chi connectivity index (χ1v) is 4.90. The number of carbonyl (C=O) groups excluding carboxylic acids is 1. The molecule has 0 aliphatic heterocycles. The van der Waals surface area contributed by atoms with E-state index in [-0.39, 0.29) is 4.88 Å². The maximum atomic E-state index is 11.8. The number of carbonyl (C=O) groups is 1. The predicted molar refractivity (Wildman–Crippen MR) is 50.0 cm³/mol. The van der Waals surface area contributed by atoms with Crippen LogP contribution in [-0.2, 0) is 0 Å². The van der Waals surface area contributed by atoms with E-state index in [4.69, 9.17) is 0 Å². The number of hydrogen-bond donors (Lipinski definition) is 1. The molecule has 1 aromatic rings. The van der Waals surface area contributed by atoms with E-state index in [1.165, 1.54) is 0 Å². The first-order chi connectivity index (χ1) is 6.79. The molecule has 0 spiro atoms. The van der Waals surface area contributed by atoms with Crippen molar-refractivity contribution in [2.45, 2.75) is 20.0 Å². The van der Waals surface area contributed by atoms with E-state index in [9.17, 15) is 18.0 Å². The van der Waals surface area contributed by atoms with E-state index in [0.29, 0.717) is 10.7 Å². The van der Waals surface area contributed by atoms with Crippen LogP contribution in [0.3, 0.4) is 0 Å². The maximum Gasteiger partial charge on any atom is 0.405 e. The molecular formula is C8H9F3N2OS. The fraction of sp³-hybridized carbons (Fsp3) is 0.500. The van der Waals surface area contributed by atoms with Crippen LogP contribution < -0.4 is 5.32 Å². The van der Waals surface area contributed by atoms with Crippen molar-refractivity contribution in [2.24, 2.45) is 0 Å². The molecule has 15 heavy (non-hydrogen) atoms. The zero-order chi connectivity index (χ0) is 11.6. The Labute approximate surface area is 88.3 Å². The number of alkyl halides is 3. The molecule has 0 saturated heterocycles. The van der Waals surface area contributed by atoms with Crippen LogP contribution in [0, 0.1) is 13.8 Å². The molecule has 0 aliphatic rings. The van der Waals surface area contributed by atoms with Crippen molar-refractivity contribution in [3.63, 3.8) is 0 Å². The van der Waals surface area contributed by atoms with Crippen LogP contribution in [0.5, 0.6) is 0 Å². The van der Waals surface area contributed by atoms with Crippen molar-refractivity contribution in [2.75, 3.05) is 6.54 Å². The number of nitrogens with one attached hydrogen (secondary N) is 1. The van der Waals surface area contributed by atoms with Gasteiger partial charge in [0.1, 0.15) is 11.4 Å². The summed E-state index contributed by atoms with van der Waals surface area (Å²) < 4.78 is 35.4. The van der Waals surface area contributed by atoms with Crippen LogP contribution in [0.4, 0.5) is 13.2 Å². The summed E-state index contributed by atoms with van der Waals surface area (Å²) in [5.41, 5.74) is 0.456. The van der Waals surface area contributed by atoms with E-state index < -0.39 is 18.6 Å². The lowest BCUT2D eigenvalue weighted by Gasteiger charge is -2.07. The Morgan fingerprint density at radius 2 is 2.07 bits per heavy atom. The molecule has 1 amide bonds. The van der Waals surface area contributed by atoms with Crippen LogP contribution in [0.25, 0.3) is 0 Å². The Bertz CT molecular complexity index is 372. The normalized spacial score (nSPS) is 11.5. The van der Waals surface area contributed by atoms with Crippen molar-refractivity contribution in [1.29, 1.82) is 0 Å². The minimum atomic E-state index is -4.39. The summed E-state index contributed by atoms with van der Waals surface area (Å²) in [6.45, 7) is 1.96.